The molecule has 5 heteroatoms. The highest BCUT2D eigenvalue weighted by Gasteiger charge is 2.24. The Morgan fingerprint density at radius 1 is 1.08 bits per heavy atom. The quantitative estimate of drug-likeness (QED) is 0.809. The fraction of sp³-hybridized carbons (Fsp3) is 0.381. The van der Waals surface area contributed by atoms with E-state index < -0.39 is 0 Å². The van der Waals surface area contributed by atoms with Crippen LogP contribution < -0.4 is 5.32 Å². The van der Waals surface area contributed by atoms with Crippen LogP contribution in [0.3, 0.4) is 0 Å². The lowest BCUT2D eigenvalue weighted by Crippen LogP contribution is -2.44. The summed E-state index contributed by atoms with van der Waals surface area (Å²) in [6, 6.07) is 18.0. The number of rotatable bonds is 7. The van der Waals surface area contributed by atoms with Crippen LogP contribution in [0.5, 0.6) is 0 Å². The van der Waals surface area contributed by atoms with E-state index in [2.05, 4.69) is 10.2 Å². The zero-order valence-electron chi connectivity index (χ0n) is 14.9. The van der Waals surface area contributed by atoms with Crippen molar-refractivity contribution in [3.8, 4) is 0 Å². The third-order valence-electron chi connectivity index (χ3n) is 4.73. The van der Waals surface area contributed by atoms with Crippen molar-refractivity contribution in [1.29, 1.82) is 0 Å². The second kappa shape index (κ2) is 9.72. The average Bonchev–Trinajstić information content (AvgIpc) is 2.69. The summed E-state index contributed by atoms with van der Waals surface area (Å²) in [5, 5.41) is 3.83. The molecule has 0 spiro atoms. The lowest BCUT2D eigenvalue weighted by molar-refractivity contribution is -0.121. The van der Waals surface area contributed by atoms with Crippen molar-refractivity contribution >= 4 is 17.5 Å². The zero-order valence-corrected chi connectivity index (χ0v) is 15.6. The number of halogens is 1. The van der Waals surface area contributed by atoms with Gasteiger partial charge in [0.15, 0.2) is 0 Å². The molecule has 1 N–H and O–H groups in total. The van der Waals surface area contributed by atoms with E-state index in [0.29, 0.717) is 26.2 Å². The lowest BCUT2D eigenvalue weighted by atomic mass is 10.0. The fourth-order valence-corrected chi connectivity index (χ4v) is 3.53. The maximum atomic E-state index is 12.3. The lowest BCUT2D eigenvalue weighted by Gasteiger charge is -2.35. The number of amides is 1. The van der Waals surface area contributed by atoms with E-state index in [0.717, 1.165) is 30.1 Å². The molecule has 1 aliphatic rings. The molecule has 3 rings (SSSR count). The van der Waals surface area contributed by atoms with Crippen LogP contribution >= 0.6 is 11.6 Å². The number of nitrogens with zero attached hydrogens (tertiary/aromatic N) is 1. The number of aryl methyl sites for hydroxylation is 1. The highest BCUT2D eigenvalue weighted by atomic mass is 35.5. The maximum absolute atomic E-state index is 12.3. The van der Waals surface area contributed by atoms with Gasteiger partial charge in [-0.1, -0.05) is 60.1 Å². The van der Waals surface area contributed by atoms with Crippen molar-refractivity contribution in [3.05, 3.63) is 70.7 Å². The zero-order chi connectivity index (χ0) is 18.2. The number of nitrogens with one attached hydrogen (secondary N) is 1. The Morgan fingerprint density at radius 3 is 2.50 bits per heavy atom. The van der Waals surface area contributed by atoms with Gasteiger partial charge in [0.25, 0.3) is 0 Å². The summed E-state index contributed by atoms with van der Waals surface area (Å²) in [7, 11) is 0. The Morgan fingerprint density at radius 2 is 1.77 bits per heavy atom. The van der Waals surface area contributed by atoms with Gasteiger partial charge in [0.2, 0.25) is 5.91 Å². The van der Waals surface area contributed by atoms with Crippen LogP contribution in [-0.4, -0.2) is 43.7 Å². The van der Waals surface area contributed by atoms with Gasteiger partial charge in [-0.3, -0.25) is 9.69 Å². The number of ether oxygens (including phenoxy) is 1. The van der Waals surface area contributed by atoms with Crippen molar-refractivity contribution in [2.45, 2.75) is 18.9 Å². The first-order chi connectivity index (χ1) is 12.7. The molecule has 1 saturated heterocycles. The average molecular weight is 373 g/mol. The van der Waals surface area contributed by atoms with Gasteiger partial charge in [-0.05, 0) is 23.6 Å². The van der Waals surface area contributed by atoms with Crippen LogP contribution in [0, 0.1) is 0 Å². The predicted octanol–water partition coefficient (Wildman–Crippen LogP) is 3.46. The largest absolute Gasteiger partial charge is 0.379 e. The molecule has 2 aromatic rings. The van der Waals surface area contributed by atoms with Crippen molar-refractivity contribution in [1.82, 2.24) is 10.2 Å². The Balaban J connectivity index is 1.60. The number of carbonyl (C=O) groups is 1. The van der Waals surface area contributed by atoms with E-state index in [9.17, 15) is 4.79 Å². The van der Waals surface area contributed by atoms with Gasteiger partial charge in [-0.2, -0.15) is 0 Å². The molecule has 4 nitrogen and oxygen atoms in total. The van der Waals surface area contributed by atoms with Gasteiger partial charge in [0.05, 0.1) is 19.3 Å². The molecule has 138 valence electrons. The van der Waals surface area contributed by atoms with Gasteiger partial charge in [0.1, 0.15) is 0 Å². The Bertz CT molecular complexity index is 702. The van der Waals surface area contributed by atoms with Crippen LogP contribution in [0.25, 0.3) is 0 Å². The Labute approximate surface area is 160 Å². The number of carbonyl (C=O) groups excluding carboxylic acids is 1. The molecule has 0 saturated carbocycles. The van der Waals surface area contributed by atoms with Gasteiger partial charge in [-0.25, -0.2) is 0 Å². The third-order valence-corrected chi connectivity index (χ3v) is 5.07. The molecular formula is C21H25ClN2O2. The molecule has 0 bridgehead atoms. The molecule has 0 aliphatic carbocycles. The summed E-state index contributed by atoms with van der Waals surface area (Å²) in [4.78, 5) is 14.7. The summed E-state index contributed by atoms with van der Waals surface area (Å²) < 4.78 is 5.47. The summed E-state index contributed by atoms with van der Waals surface area (Å²) in [6.07, 6.45) is 1.24. The molecule has 1 aliphatic heterocycles. The minimum atomic E-state index is 0.0632. The minimum Gasteiger partial charge on any atom is -0.379 e. The van der Waals surface area contributed by atoms with Crippen molar-refractivity contribution < 1.29 is 9.53 Å². The molecule has 0 unspecified atom stereocenters. The maximum Gasteiger partial charge on any atom is 0.220 e. The normalized spacial score (nSPS) is 16.2. The number of benzene rings is 2. The minimum absolute atomic E-state index is 0.0632. The van der Waals surface area contributed by atoms with Crippen molar-refractivity contribution in [2.24, 2.45) is 0 Å². The summed E-state index contributed by atoms with van der Waals surface area (Å²) in [5.41, 5.74) is 2.23. The smallest absolute Gasteiger partial charge is 0.220 e. The second-order valence-corrected chi connectivity index (χ2v) is 6.88. The van der Waals surface area contributed by atoms with Crippen LogP contribution in [0.15, 0.2) is 54.6 Å². The van der Waals surface area contributed by atoms with Crippen LogP contribution in [0.4, 0.5) is 0 Å². The Hall–Kier alpha value is -1.88. The molecule has 1 heterocycles. The number of morpholine rings is 1. The van der Waals surface area contributed by atoms with Gasteiger partial charge < -0.3 is 10.1 Å². The van der Waals surface area contributed by atoms with E-state index in [1.807, 2.05) is 54.6 Å². The monoisotopic (exact) mass is 372 g/mol. The Kier molecular flexibility index (Phi) is 7.06. The number of hydrogen-bond acceptors (Lipinski definition) is 3. The van der Waals surface area contributed by atoms with Crippen LogP contribution in [-0.2, 0) is 16.0 Å². The molecule has 1 atom stereocenters. The number of hydrogen-bond donors (Lipinski definition) is 1. The molecule has 0 aromatic heterocycles. The molecule has 0 radical (unpaired) electrons. The standard InChI is InChI=1S/C21H25ClN2O2/c22-19-9-5-4-8-18(19)20(24-12-14-26-15-13-24)16-23-21(25)11-10-17-6-2-1-3-7-17/h1-9,20H,10-16H2,(H,23,25)/t20-/m0/s1. The van der Waals surface area contributed by atoms with Crippen molar-refractivity contribution in [2.75, 3.05) is 32.8 Å². The fourth-order valence-electron chi connectivity index (χ4n) is 3.27. The van der Waals surface area contributed by atoms with E-state index in [1.54, 1.807) is 0 Å². The summed E-state index contributed by atoms with van der Waals surface area (Å²) >= 11 is 6.42. The molecule has 2 aromatic carbocycles. The van der Waals surface area contributed by atoms with Crippen molar-refractivity contribution in [3.63, 3.8) is 0 Å². The molecule has 1 fully saturated rings. The molecule has 1 amide bonds. The van der Waals surface area contributed by atoms with E-state index in [4.69, 9.17) is 16.3 Å². The SMILES string of the molecule is O=C(CCc1ccccc1)NC[C@@H](c1ccccc1Cl)N1CCOCC1. The highest BCUT2D eigenvalue weighted by molar-refractivity contribution is 6.31. The van der Waals surface area contributed by atoms with E-state index >= 15 is 0 Å². The van der Waals surface area contributed by atoms with Crippen LogP contribution in [0.2, 0.25) is 5.02 Å². The summed E-state index contributed by atoms with van der Waals surface area (Å²) in [6.45, 7) is 3.66. The first-order valence-corrected chi connectivity index (χ1v) is 9.48. The first-order valence-electron chi connectivity index (χ1n) is 9.11. The topological polar surface area (TPSA) is 41.6 Å². The molecule has 26 heavy (non-hydrogen) atoms. The molecular weight excluding hydrogens is 348 g/mol. The highest BCUT2D eigenvalue weighted by Crippen LogP contribution is 2.27. The van der Waals surface area contributed by atoms with Gasteiger partial charge in [-0.15, -0.1) is 0 Å². The van der Waals surface area contributed by atoms with Crippen LogP contribution in [0.1, 0.15) is 23.6 Å². The van der Waals surface area contributed by atoms with E-state index in [-0.39, 0.29) is 11.9 Å². The first kappa shape index (κ1) is 18.9. The third kappa shape index (κ3) is 5.31. The van der Waals surface area contributed by atoms with E-state index in [1.165, 1.54) is 5.56 Å². The van der Waals surface area contributed by atoms with Gasteiger partial charge in [0, 0.05) is 31.1 Å². The second-order valence-electron chi connectivity index (χ2n) is 6.48. The predicted molar refractivity (Wildman–Crippen MR) is 104 cm³/mol. The summed E-state index contributed by atoms with van der Waals surface area (Å²) in [5.74, 6) is 0.0687. The van der Waals surface area contributed by atoms with Gasteiger partial charge >= 0.3 is 0 Å².